The molecule has 5 aliphatic carbocycles. The van der Waals surface area contributed by atoms with E-state index < -0.39 is 0 Å². The van der Waals surface area contributed by atoms with E-state index >= 15 is 0 Å². The summed E-state index contributed by atoms with van der Waals surface area (Å²) in [5, 5.41) is 2.33. The zero-order chi connectivity index (χ0) is 31.4. The smallest absolute Gasteiger partial charge is 0.143 e. The fourth-order valence-corrected chi connectivity index (χ4v) is 11.1. The molecule has 1 spiro atoms. The Morgan fingerprint density at radius 2 is 1.10 bits per heavy atom. The molecule has 0 amide bonds. The minimum absolute atomic E-state index is 0.146. The molecule has 0 radical (unpaired) electrons. The van der Waals surface area contributed by atoms with Gasteiger partial charge in [-0.1, -0.05) is 97.1 Å². The summed E-state index contributed by atoms with van der Waals surface area (Å²) in [5.74, 6) is 3.36. The molecule has 0 atom stereocenters. The van der Waals surface area contributed by atoms with Gasteiger partial charge in [0.2, 0.25) is 0 Å². The topological polar surface area (TPSA) is 16.4 Å². The van der Waals surface area contributed by atoms with Crippen LogP contribution in [0.3, 0.4) is 0 Å². The Morgan fingerprint density at radius 1 is 0.479 bits per heavy atom. The molecule has 6 aromatic carbocycles. The number of hydrogen-bond acceptors (Lipinski definition) is 2. The fraction of sp³-hybridized carbons (Fsp3) is 0.217. The van der Waals surface area contributed by atoms with Gasteiger partial charge < -0.3 is 9.32 Å². The predicted molar refractivity (Wildman–Crippen MR) is 197 cm³/mol. The second-order valence-electron chi connectivity index (χ2n) is 14.9. The van der Waals surface area contributed by atoms with E-state index in [0.717, 1.165) is 62.4 Å². The predicted octanol–water partition coefficient (Wildman–Crippen LogP) is 12.4. The highest BCUT2D eigenvalue weighted by Gasteiger charge is 2.61. The molecule has 2 heteroatoms. The Morgan fingerprint density at radius 3 is 1.92 bits per heavy atom. The molecule has 7 aromatic rings. The van der Waals surface area contributed by atoms with Crippen LogP contribution in [0.2, 0.25) is 0 Å². The maximum absolute atomic E-state index is 6.41. The standard InChI is InChI=1S/C46H37NO/c1-2-9-34(10-3-1)47(35-19-17-31(18-20-35)37-13-8-14-41-40-12-5-7-16-44(40)48-45(37)41)36-21-22-39-38-11-4-6-15-42(38)46(43(39)28-36)32-24-29-23-30(26-32)27-33(46)25-29/h1-22,28-30,32-33H,23-27H2. The van der Waals surface area contributed by atoms with Gasteiger partial charge in [-0.2, -0.15) is 0 Å². The second kappa shape index (κ2) is 9.97. The van der Waals surface area contributed by atoms with Crippen LogP contribution < -0.4 is 4.90 Å². The Labute approximate surface area is 281 Å². The van der Waals surface area contributed by atoms with Gasteiger partial charge in [-0.15, -0.1) is 0 Å². The van der Waals surface area contributed by atoms with Crippen LogP contribution in [0.5, 0.6) is 0 Å². The van der Waals surface area contributed by atoms with Crippen molar-refractivity contribution in [2.45, 2.75) is 37.5 Å². The van der Waals surface area contributed by atoms with Gasteiger partial charge in [-0.3, -0.25) is 0 Å². The highest BCUT2D eigenvalue weighted by Crippen LogP contribution is 2.69. The quantitative estimate of drug-likeness (QED) is 0.195. The Hall–Kier alpha value is -5.08. The molecule has 0 N–H and O–H groups in total. The van der Waals surface area contributed by atoms with Crippen LogP contribution in [0.15, 0.2) is 144 Å². The van der Waals surface area contributed by atoms with Crippen molar-refractivity contribution in [1.82, 2.24) is 0 Å². The summed E-state index contributed by atoms with van der Waals surface area (Å²) in [6, 6.07) is 51.6. The lowest BCUT2D eigenvalue weighted by Gasteiger charge is -2.61. The van der Waals surface area contributed by atoms with E-state index in [-0.39, 0.29) is 5.41 Å². The van der Waals surface area contributed by atoms with Crippen LogP contribution in [0.1, 0.15) is 43.2 Å². The monoisotopic (exact) mass is 619 g/mol. The number of furan rings is 1. The summed E-state index contributed by atoms with van der Waals surface area (Å²) >= 11 is 0. The number of benzene rings is 6. The summed E-state index contributed by atoms with van der Waals surface area (Å²) in [6.45, 7) is 0. The molecular weight excluding hydrogens is 583 g/mol. The fourth-order valence-electron chi connectivity index (χ4n) is 11.1. The van der Waals surface area contributed by atoms with Crippen LogP contribution in [-0.2, 0) is 5.41 Å². The molecule has 4 fully saturated rings. The average molecular weight is 620 g/mol. The first-order valence-electron chi connectivity index (χ1n) is 17.9. The lowest BCUT2D eigenvalue weighted by Crippen LogP contribution is -2.55. The molecule has 5 aliphatic rings. The third kappa shape index (κ3) is 3.64. The number of nitrogens with zero attached hydrogens (tertiary/aromatic N) is 1. The first kappa shape index (κ1) is 26.9. The molecule has 4 bridgehead atoms. The Balaban J connectivity index is 1.05. The van der Waals surface area contributed by atoms with Crippen molar-refractivity contribution in [2.75, 3.05) is 4.90 Å². The average Bonchev–Trinajstić information content (AvgIpc) is 3.65. The SMILES string of the molecule is c1ccc(N(c2ccc(-c3cccc4c3oc3ccccc34)cc2)c2ccc3c(c2)C2(c4ccccc4-3)C3CC4CC(C3)CC2C4)cc1. The van der Waals surface area contributed by atoms with Gasteiger partial charge in [0.05, 0.1) is 0 Å². The Kier molecular flexibility index (Phi) is 5.59. The van der Waals surface area contributed by atoms with Crippen LogP contribution in [0, 0.1) is 23.7 Å². The van der Waals surface area contributed by atoms with E-state index in [9.17, 15) is 0 Å². The minimum Gasteiger partial charge on any atom is -0.455 e. The van der Waals surface area contributed by atoms with E-state index in [1.807, 2.05) is 6.07 Å². The number of hydrogen-bond donors (Lipinski definition) is 0. The third-order valence-electron chi connectivity index (χ3n) is 12.7. The van der Waals surface area contributed by atoms with Gasteiger partial charge in [0.15, 0.2) is 0 Å². The van der Waals surface area contributed by atoms with Gasteiger partial charge in [0.25, 0.3) is 0 Å². The summed E-state index contributed by atoms with van der Waals surface area (Å²) in [6.07, 6.45) is 7.06. The van der Waals surface area contributed by atoms with E-state index in [2.05, 4.69) is 138 Å². The summed E-state index contributed by atoms with van der Waals surface area (Å²) < 4.78 is 6.41. The Bertz CT molecular complexity index is 2340. The lowest BCUT2D eigenvalue weighted by molar-refractivity contribution is -0.0399. The molecule has 1 heterocycles. The third-order valence-corrected chi connectivity index (χ3v) is 12.7. The normalized spacial score (nSPS) is 24.8. The zero-order valence-electron chi connectivity index (χ0n) is 27.0. The van der Waals surface area contributed by atoms with E-state index in [1.165, 1.54) is 54.6 Å². The maximum Gasteiger partial charge on any atom is 0.143 e. The number of rotatable bonds is 4. The van der Waals surface area contributed by atoms with Gasteiger partial charge in [-0.05, 0) is 126 Å². The van der Waals surface area contributed by atoms with E-state index in [1.54, 1.807) is 11.1 Å². The summed E-state index contributed by atoms with van der Waals surface area (Å²) in [4.78, 5) is 2.46. The van der Waals surface area contributed by atoms with Crippen molar-refractivity contribution in [2.24, 2.45) is 23.7 Å². The first-order valence-corrected chi connectivity index (χ1v) is 17.9. The van der Waals surface area contributed by atoms with E-state index in [0.29, 0.717) is 0 Å². The van der Waals surface area contributed by atoms with Crippen LogP contribution in [-0.4, -0.2) is 0 Å². The van der Waals surface area contributed by atoms with Gasteiger partial charge in [-0.25, -0.2) is 0 Å². The van der Waals surface area contributed by atoms with Crippen LogP contribution in [0.25, 0.3) is 44.2 Å². The van der Waals surface area contributed by atoms with Crippen molar-refractivity contribution in [1.29, 1.82) is 0 Å². The molecule has 0 saturated heterocycles. The summed E-state index contributed by atoms with van der Waals surface area (Å²) in [5.41, 5.74) is 14.0. The maximum atomic E-state index is 6.41. The highest BCUT2D eigenvalue weighted by molar-refractivity contribution is 6.09. The van der Waals surface area contributed by atoms with Gasteiger partial charge >= 0.3 is 0 Å². The van der Waals surface area contributed by atoms with Crippen molar-refractivity contribution in [3.05, 3.63) is 151 Å². The first-order chi connectivity index (χ1) is 23.8. The molecule has 232 valence electrons. The largest absolute Gasteiger partial charge is 0.455 e. The molecule has 1 aromatic heterocycles. The zero-order valence-corrected chi connectivity index (χ0v) is 27.0. The molecular formula is C46H37NO. The number of anilines is 3. The van der Waals surface area contributed by atoms with Crippen molar-refractivity contribution >= 4 is 39.0 Å². The molecule has 12 rings (SSSR count). The van der Waals surface area contributed by atoms with Gasteiger partial charge in [0, 0.05) is 38.8 Å². The number of para-hydroxylation sites is 3. The van der Waals surface area contributed by atoms with Crippen LogP contribution >= 0.6 is 0 Å². The molecule has 2 nitrogen and oxygen atoms in total. The molecule has 0 aliphatic heterocycles. The van der Waals surface area contributed by atoms with E-state index in [4.69, 9.17) is 4.42 Å². The molecule has 48 heavy (non-hydrogen) atoms. The van der Waals surface area contributed by atoms with Crippen molar-refractivity contribution < 1.29 is 4.42 Å². The van der Waals surface area contributed by atoms with Crippen molar-refractivity contribution in [3.63, 3.8) is 0 Å². The van der Waals surface area contributed by atoms with Crippen LogP contribution in [0.4, 0.5) is 17.1 Å². The second-order valence-corrected chi connectivity index (χ2v) is 14.9. The highest BCUT2D eigenvalue weighted by atomic mass is 16.3. The molecule has 0 unspecified atom stereocenters. The number of fused-ring (bicyclic) bond motifs is 6. The minimum atomic E-state index is 0.146. The van der Waals surface area contributed by atoms with Crippen molar-refractivity contribution in [3.8, 4) is 22.3 Å². The van der Waals surface area contributed by atoms with Gasteiger partial charge in [0.1, 0.15) is 11.2 Å². The lowest BCUT2D eigenvalue weighted by atomic mass is 9.43. The molecule has 4 saturated carbocycles. The summed E-state index contributed by atoms with van der Waals surface area (Å²) in [7, 11) is 0.